The van der Waals surface area contributed by atoms with Gasteiger partial charge in [0.15, 0.2) is 5.82 Å². The summed E-state index contributed by atoms with van der Waals surface area (Å²) in [5, 5.41) is 3.88. The van der Waals surface area contributed by atoms with Gasteiger partial charge < -0.3 is 9.09 Å². The second kappa shape index (κ2) is 5.24. The maximum atomic E-state index is 13.6. The van der Waals surface area contributed by atoms with Crippen molar-refractivity contribution in [1.29, 1.82) is 0 Å². The van der Waals surface area contributed by atoms with Crippen LogP contribution in [0.4, 0.5) is 4.39 Å². The first-order valence-electron chi connectivity index (χ1n) is 6.35. The van der Waals surface area contributed by atoms with Gasteiger partial charge in [0.1, 0.15) is 11.6 Å². The Balaban J connectivity index is 1.86. The summed E-state index contributed by atoms with van der Waals surface area (Å²) in [7, 11) is 0. The van der Waals surface area contributed by atoms with Gasteiger partial charge in [-0.2, -0.15) is 4.98 Å². The van der Waals surface area contributed by atoms with Crippen molar-refractivity contribution < 1.29 is 8.91 Å². The summed E-state index contributed by atoms with van der Waals surface area (Å²) in [6.45, 7) is 2.49. The fourth-order valence-corrected chi connectivity index (χ4v) is 2.01. The van der Waals surface area contributed by atoms with E-state index in [-0.39, 0.29) is 11.7 Å². The summed E-state index contributed by atoms with van der Waals surface area (Å²) in [5.74, 6) is 1.26. The minimum Gasteiger partial charge on any atom is -0.334 e. The predicted molar refractivity (Wildman–Crippen MR) is 70.4 cm³/mol. The van der Waals surface area contributed by atoms with E-state index >= 15 is 0 Å². The van der Waals surface area contributed by atoms with E-state index in [1.807, 2.05) is 17.7 Å². The van der Waals surface area contributed by atoms with E-state index in [9.17, 15) is 4.39 Å². The summed E-state index contributed by atoms with van der Waals surface area (Å²) >= 11 is 0. The Morgan fingerprint density at radius 1 is 1.30 bits per heavy atom. The molecule has 0 aliphatic rings. The van der Waals surface area contributed by atoms with Gasteiger partial charge in [-0.25, -0.2) is 9.37 Å². The molecule has 3 aromatic rings. The Morgan fingerprint density at radius 3 is 2.95 bits per heavy atom. The number of benzene rings is 1. The van der Waals surface area contributed by atoms with Crippen molar-refractivity contribution in [1.82, 2.24) is 19.7 Å². The third kappa shape index (κ3) is 2.32. The topological polar surface area (TPSA) is 56.7 Å². The molecule has 0 fully saturated rings. The number of rotatable bonds is 4. The fraction of sp³-hybridized carbons (Fsp3) is 0.214. The zero-order chi connectivity index (χ0) is 13.9. The summed E-state index contributed by atoms with van der Waals surface area (Å²) in [4.78, 5) is 8.45. The lowest BCUT2D eigenvalue weighted by atomic mass is 10.2. The molecule has 0 N–H and O–H groups in total. The molecule has 6 heteroatoms. The summed E-state index contributed by atoms with van der Waals surface area (Å²) in [5.41, 5.74) is 0.313. The highest BCUT2D eigenvalue weighted by Crippen LogP contribution is 2.20. The molecule has 0 atom stereocenters. The Labute approximate surface area is 115 Å². The lowest BCUT2D eigenvalue weighted by Gasteiger charge is -2.01. The molecule has 0 aliphatic heterocycles. The first-order chi connectivity index (χ1) is 9.78. The molecule has 0 bridgehead atoms. The smallest absolute Gasteiger partial charge is 0.260 e. The largest absolute Gasteiger partial charge is 0.334 e. The molecule has 0 unspecified atom stereocenters. The second-order valence-corrected chi connectivity index (χ2v) is 4.32. The summed E-state index contributed by atoms with van der Waals surface area (Å²) < 4.78 is 20.7. The van der Waals surface area contributed by atoms with Crippen molar-refractivity contribution in [2.45, 2.75) is 19.9 Å². The highest BCUT2D eigenvalue weighted by Gasteiger charge is 2.13. The normalized spacial score (nSPS) is 10.9. The Hall–Kier alpha value is -2.50. The average Bonchev–Trinajstić information content (AvgIpc) is 3.09. The van der Waals surface area contributed by atoms with Gasteiger partial charge in [0.25, 0.3) is 5.89 Å². The second-order valence-electron chi connectivity index (χ2n) is 4.32. The minimum atomic E-state index is -0.375. The van der Waals surface area contributed by atoms with E-state index in [4.69, 9.17) is 4.52 Å². The Morgan fingerprint density at radius 2 is 2.15 bits per heavy atom. The molecular formula is C14H13FN4O. The standard InChI is InChI=1S/C14H13FN4O/c1-2-13-16-7-8-19(13)9-12-17-14(20-18-12)10-5-3-4-6-11(10)15/h3-8H,2,9H2,1H3. The quantitative estimate of drug-likeness (QED) is 0.732. The summed E-state index contributed by atoms with van der Waals surface area (Å²) in [6.07, 6.45) is 4.42. The molecule has 0 saturated heterocycles. The van der Waals surface area contributed by atoms with E-state index in [0.717, 1.165) is 12.2 Å². The molecule has 102 valence electrons. The first-order valence-corrected chi connectivity index (χ1v) is 6.35. The number of imidazole rings is 1. The van der Waals surface area contributed by atoms with Gasteiger partial charge in [0.05, 0.1) is 12.1 Å². The SMILES string of the molecule is CCc1nccn1Cc1noc(-c2ccccc2F)n1. The minimum absolute atomic E-state index is 0.191. The number of halogens is 1. The van der Waals surface area contributed by atoms with Crippen molar-refractivity contribution in [3.8, 4) is 11.5 Å². The van der Waals surface area contributed by atoms with Crippen LogP contribution in [-0.2, 0) is 13.0 Å². The van der Waals surface area contributed by atoms with Crippen molar-refractivity contribution in [2.24, 2.45) is 0 Å². The van der Waals surface area contributed by atoms with Crippen molar-refractivity contribution in [3.05, 3.63) is 54.1 Å². The molecule has 0 spiro atoms. The molecule has 20 heavy (non-hydrogen) atoms. The maximum Gasteiger partial charge on any atom is 0.260 e. The number of aryl methyl sites for hydroxylation is 1. The van der Waals surface area contributed by atoms with Crippen LogP contribution in [0.2, 0.25) is 0 Å². The fourth-order valence-electron chi connectivity index (χ4n) is 2.01. The van der Waals surface area contributed by atoms with E-state index in [2.05, 4.69) is 15.1 Å². The average molecular weight is 272 g/mol. The van der Waals surface area contributed by atoms with Crippen LogP contribution in [0.3, 0.4) is 0 Å². The molecule has 0 saturated carbocycles. The third-order valence-electron chi connectivity index (χ3n) is 3.00. The van der Waals surface area contributed by atoms with Gasteiger partial charge in [0, 0.05) is 18.8 Å². The van der Waals surface area contributed by atoms with Crippen LogP contribution >= 0.6 is 0 Å². The van der Waals surface area contributed by atoms with Gasteiger partial charge >= 0.3 is 0 Å². The monoisotopic (exact) mass is 272 g/mol. The van der Waals surface area contributed by atoms with E-state index < -0.39 is 0 Å². The number of nitrogens with zero attached hydrogens (tertiary/aromatic N) is 4. The van der Waals surface area contributed by atoms with Crippen molar-refractivity contribution in [2.75, 3.05) is 0 Å². The van der Waals surface area contributed by atoms with Crippen LogP contribution in [0.1, 0.15) is 18.6 Å². The molecule has 0 aliphatic carbocycles. The van der Waals surface area contributed by atoms with Crippen LogP contribution in [0.15, 0.2) is 41.2 Å². The van der Waals surface area contributed by atoms with Gasteiger partial charge in [-0.3, -0.25) is 0 Å². The lowest BCUT2D eigenvalue weighted by Crippen LogP contribution is -2.04. The molecule has 0 radical (unpaired) electrons. The summed E-state index contributed by atoms with van der Waals surface area (Å²) in [6, 6.07) is 6.33. The van der Waals surface area contributed by atoms with Gasteiger partial charge in [-0.05, 0) is 12.1 Å². The molecule has 5 nitrogen and oxygen atoms in total. The Kier molecular flexibility index (Phi) is 3.28. The maximum absolute atomic E-state index is 13.6. The molecule has 3 rings (SSSR count). The van der Waals surface area contributed by atoms with Crippen LogP contribution in [0.25, 0.3) is 11.5 Å². The predicted octanol–water partition coefficient (Wildman–Crippen LogP) is 2.68. The first kappa shape index (κ1) is 12.5. The zero-order valence-electron chi connectivity index (χ0n) is 11.0. The lowest BCUT2D eigenvalue weighted by molar-refractivity contribution is 0.418. The van der Waals surface area contributed by atoms with Crippen LogP contribution < -0.4 is 0 Å². The van der Waals surface area contributed by atoms with Gasteiger partial charge in [-0.1, -0.05) is 24.2 Å². The van der Waals surface area contributed by atoms with Crippen LogP contribution in [-0.4, -0.2) is 19.7 Å². The Bertz CT molecular complexity index is 719. The van der Waals surface area contributed by atoms with Crippen LogP contribution in [0.5, 0.6) is 0 Å². The van der Waals surface area contributed by atoms with Crippen molar-refractivity contribution in [3.63, 3.8) is 0 Å². The molecular weight excluding hydrogens is 259 g/mol. The van der Waals surface area contributed by atoms with E-state index in [1.165, 1.54) is 6.07 Å². The van der Waals surface area contributed by atoms with E-state index in [1.54, 1.807) is 24.4 Å². The van der Waals surface area contributed by atoms with E-state index in [0.29, 0.717) is 17.9 Å². The third-order valence-corrected chi connectivity index (χ3v) is 3.00. The number of aromatic nitrogens is 4. The molecule has 1 aromatic carbocycles. The van der Waals surface area contributed by atoms with Crippen LogP contribution in [0, 0.1) is 5.82 Å². The zero-order valence-corrected chi connectivity index (χ0v) is 11.0. The van der Waals surface area contributed by atoms with Gasteiger partial charge in [0.2, 0.25) is 0 Å². The molecule has 2 aromatic heterocycles. The highest BCUT2D eigenvalue weighted by molar-refractivity contribution is 5.53. The van der Waals surface area contributed by atoms with Crippen molar-refractivity contribution >= 4 is 0 Å². The molecule has 2 heterocycles. The highest BCUT2D eigenvalue weighted by atomic mass is 19.1. The van der Waals surface area contributed by atoms with Gasteiger partial charge in [-0.15, -0.1) is 0 Å². The number of hydrogen-bond acceptors (Lipinski definition) is 4. The molecule has 0 amide bonds. The number of hydrogen-bond donors (Lipinski definition) is 0.